The molecule has 108 valence electrons. The van der Waals surface area contributed by atoms with E-state index >= 15 is 0 Å². The molecule has 0 radical (unpaired) electrons. The van der Waals surface area contributed by atoms with Crippen molar-refractivity contribution in [2.24, 2.45) is 5.41 Å². The van der Waals surface area contributed by atoms with Crippen molar-refractivity contribution in [3.8, 4) is 0 Å². The molecule has 2 heterocycles. The number of benzene rings is 1. The van der Waals surface area contributed by atoms with E-state index in [0.717, 1.165) is 42.5 Å². The van der Waals surface area contributed by atoms with Gasteiger partial charge in [0.25, 0.3) is 0 Å². The van der Waals surface area contributed by atoms with Gasteiger partial charge in [0.05, 0.1) is 17.1 Å². The lowest BCUT2D eigenvalue weighted by molar-refractivity contribution is -0.124. The van der Waals surface area contributed by atoms with Crippen LogP contribution in [0, 0.1) is 5.41 Å². The van der Waals surface area contributed by atoms with E-state index in [0.29, 0.717) is 0 Å². The van der Waals surface area contributed by atoms with Crippen LogP contribution in [-0.4, -0.2) is 29.2 Å². The number of fused-ring (bicyclic) bond motifs is 1. The van der Waals surface area contributed by atoms with Crippen LogP contribution in [-0.2, 0) is 4.79 Å². The summed E-state index contributed by atoms with van der Waals surface area (Å²) in [4.78, 5) is 12.5. The topological polar surface area (TPSA) is 69.8 Å². The van der Waals surface area contributed by atoms with Crippen molar-refractivity contribution in [1.29, 1.82) is 0 Å². The minimum atomic E-state index is -0.259. The summed E-state index contributed by atoms with van der Waals surface area (Å²) in [5.74, 6) is 0.114. The number of aromatic nitrogens is 2. The summed E-state index contributed by atoms with van der Waals surface area (Å²) >= 11 is 0. The monoisotopic (exact) mass is 294 g/mol. The van der Waals surface area contributed by atoms with E-state index < -0.39 is 0 Å². The number of H-pyrrole nitrogens is 1. The first-order chi connectivity index (χ1) is 9.23. The molecule has 1 saturated heterocycles. The third kappa shape index (κ3) is 2.51. The molecular weight excluding hydrogens is 276 g/mol. The standard InChI is InChI=1S/C14H18N4O.ClH/c1-2-14(5-6-15-9-14)13(19)17-11-3-4-12-10(7-11)8-16-18-12;/h3-4,7-8,15H,2,5-6,9H2,1H3,(H,16,18)(H,17,19);1H. The lowest BCUT2D eigenvalue weighted by atomic mass is 9.83. The zero-order valence-electron chi connectivity index (χ0n) is 11.4. The Morgan fingerprint density at radius 2 is 2.35 bits per heavy atom. The second-order valence-electron chi connectivity index (χ2n) is 5.19. The van der Waals surface area contributed by atoms with Gasteiger partial charge in [0.15, 0.2) is 0 Å². The summed E-state index contributed by atoms with van der Waals surface area (Å²) in [5, 5.41) is 14.2. The minimum absolute atomic E-state index is 0. The zero-order chi connectivity index (χ0) is 13.3. The van der Waals surface area contributed by atoms with Gasteiger partial charge in [-0.15, -0.1) is 12.4 Å². The van der Waals surface area contributed by atoms with E-state index in [4.69, 9.17) is 0 Å². The predicted molar refractivity (Wildman–Crippen MR) is 82.2 cm³/mol. The van der Waals surface area contributed by atoms with Crippen molar-refractivity contribution in [3.05, 3.63) is 24.4 Å². The molecule has 3 N–H and O–H groups in total. The number of hydrogen-bond acceptors (Lipinski definition) is 3. The molecule has 6 heteroatoms. The molecule has 1 unspecified atom stereocenters. The Kier molecular flexibility index (Phi) is 4.30. The van der Waals surface area contributed by atoms with Crippen LogP contribution < -0.4 is 10.6 Å². The fraction of sp³-hybridized carbons (Fsp3) is 0.429. The molecule has 0 saturated carbocycles. The third-order valence-corrected chi connectivity index (χ3v) is 4.10. The highest BCUT2D eigenvalue weighted by Crippen LogP contribution is 2.31. The Labute approximate surface area is 123 Å². The maximum atomic E-state index is 12.5. The molecule has 1 fully saturated rings. The van der Waals surface area contributed by atoms with Gasteiger partial charge in [0.2, 0.25) is 5.91 Å². The van der Waals surface area contributed by atoms with Crippen LogP contribution in [0.4, 0.5) is 5.69 Å². The molecule has 1 amide bonds. The lowest BCUT2D eigenvalue weighted by Crippen LogP contribution is -2.37. The number of anilines is 1. The number of amides is 1. The number of carbonyl (C=O) groups is 1. The maximum absolute atomic E-state index is 12.5. The summed E-state index contributed by atoms with van der Waals surface area (Å²) in [6.07, 6.45) is 3.53. The molecule has 0 bridgehead atoms. The molecule has 1 aromatic heterocycles. The molecule has 1 aromatic carbocycles. The summed E-state index contributed by atoms with van der Waals surface area (Å²) < 4.78 is 0. The Morgan fingerprint density at radius 1 is 1.50 bits per heavy atom. The molecule has 20 heavy (non-hydrogen) atoms. The van der Waals surface area contributed by atoms with E-state index in [1.165, 1.54) is 0 Å². The second kappa shape index (κ2) is 5.81. The second-order valence-corrected chi connectivity index (χ2v) is 5.19. The number of carbonyl (C=O) groups excluding carboxylic acids is 1. The van der Waals surface area contributed by atoms with Gasteiger partial charge >= 0.3 is 0 Å². The van der Waals surface area contributed by atoms with Crippen LogP contribution in [0.15, 0.2) is 24.4 Å². The first kappa shape index (κ1) is 14.8. The molecular formula is C14H19ClN4O. The highest BCUT2D eigenvalue weighted by molar-refractivity contribution is 5.97. The van der Waals surface area contributed by atoms with Crippen LogP contribution in [0.2, 0.25) is 0 Å². The molecule has 1 aliphatic heterocycles. The zero-order valence-corrected chi connectivity index (χ0v) is 12.2. The van der Waals surface area contributed by atoms with E-state index in [1.807, 2.05) is 18.2 Å². The summed E-state index contributed by atoms with van der Waals surface area (Å²) in [6, 6.07) is 5.79. The van der Waals surface area contributed by atoms with Crippen LogP contribution in [0.25, 0.3) is 10.9 Å². The van der Waals surface area contributed by atoms with Crippen molar-refractivity contribution in [2.75, 3.05) is 18.4 Å². The lowest BCUT2D eigenvalue weighted by Gasteiger charge is -2.25. The number of nitrogens with one attached hydrogen (secondary N) is 3. The molecule has 5 nitrogen and oxygen atoms in total. The fourth-order valence-electron chi connectivity index (χ4n) is 2.68. The maximum Gasteiger partial charge on any atom is 0.231 e. The number of aromatic amines is 1. The number of nitrogens with zero attached hydrogens (tertiary/aromatic N) is 1. The van der Waals surface area contributed by atoms with Crippen molar-refractivity contribution in [1.82, 2.24) is 15.5 Å². The fourth-order valence-corrected chi connectivity index (χ4v) is 2.68. The summed E-state index contributed by atoms with van der Waals surface area (Å²) in [6.45, 7) is 3.76. The van der Waals surface area contributed by atoms with Crippen molar-refractivity contribution < 1.29 is 4.79 Å². The van der Waals surface area contributed by atoms with Crippen molar-refractivity contribution in [3.63, 3.8) is 0 Å². The molecule has 3 rings (SSSR count). The number of hydrogen-bond donors (Lipinski definition) is 3. The molecule has 0 spiro atoms. The van der Waals surface area contributed by atoms with Gasteiger partial charge in [-0.1, -0.05) is 6.92 Å². The van der Waals surface area contributed by atoms with Crippen molar-refractivity contribution in [2.45, 2.75) is 19.8 Å². The van der Waals surface area contributed by atoms with Crippen LogP contribution in [0.5, 0.6) is 0 Å². The predicted octanol–water partition coefficient (Wildman–Crippen LogP) is 2.31. The smallest absolute Gasteiger partial charge is 0.231 e. The van der Waals surface area contributed by atoms with E-state index in [9.17, 15) is 4.79 Å². The molecule has 0 aliphatic carbocycles. The van der Waals surface area contributed by atoms with Crippen LogP contribution in [0.1, 0.15) is 19.8 Å². The van der Waals surface area contributed by atoms with E-state index in [1.54, 1.807) is 6.20 Å². The van der Waals surface area contributed by atoms with Gasteiger partial charge < -0.3 is 10.6 Å². The van der Waals surface area contributed by atoms with Crippen LogP contribution in [0.3, 0.4) is 0 Å². The Morgan fingerprint density at radius 3 is 3.05 bits per heavy atom. The summed E-state index contributed by atoms with van der Waals surface area (Å²) in [5.41, 5.74) is 1.55. The van der Waals surface area contributed by atoms with Gasteiger partial charge in [-0.3, -0.25) is 9.89 Å². The van der Waals surface area contributed by atoms with Gasteiger partial charge in [0, 0.05) is 17.6 Å². The van der Waals surface area contributed by atoms with Crippen molar-refractivity contribution >= 4 is 34.9 Å². The molecule has 1 aliphatic rings. The largest absolute Gasteiger partial charge is 0.326 e. The van der Waals surface area contributed by atoms with Gasteiger partial charge in [-0.2, -0.15) is 5.10 Å². The van der Waals surface area contributed by atoms with E-state index in [2.05, 4.69) is 27.8 Å². The van der Waals surface area contributed by atoms with Gasteiger partial charge in [0.1, 0.15) is 0 Å². The molecule has 2 aromatic rings. The average Bonchev–Trinajstić information content (AvgIpc) is 3.07. The number of halogens is 1. The normalized spacial score (nSPS) is 21.6. The Hall–Kier alpha value is -1.59. The van der Waals surface area contributed by atoms with Gasteiger partial charge in [-0.25, -0.2) is 0 Å². The first-order valence-electron chi connectivity index (χ1n) is 6.69. The summed E-state index contributed by atoms with van der Waals surface area (Å²) in [7, 11) is 0. The number of rotatable bonds is 3. The highest BCUT2D eigenvalue weighted by Gasteiger charge is 2.39. The Balaban J connectivity index is 0.00000147. The van der Waals surface area contributed by atoms with Gasteiger partial charge in [-0.05, 0) is 37.6 Å². The Bertz CT molecular complexity index is 604. The van der Waals surface area contributed by atoms with E-state index in [-0.39, 0.29) is 23.7 Å². The molecule has 1 atom stereocenters. The SMILES string of the molecule is CCC1(C(=O)Nc2ccc3[nH]ncc3c2)CCNC1.Cl. The van der Waals surface area contributed by atoms with Crippen LogP contribution >= 0.6 is 12.4 Å². The quantitative estimate of drug-likeness (QED) is 0.813. The highest BCUT2D eigenvalue weighted by atomic mass is 35.5. The first-order valence-corrected chi connectivity index (χ1v) is 6.69. The average molecular weight is 295 g/mol. The minimum Gasteiger partial charge on any atom is -0.326 e. The third-order valence-electron chi connectivity index (χ3n) is 4.10.